The van der Waals surface area contributed by atoms with Gasteiger partial charge in [0.2, 0.25) is 9.84 Å². The highest BCUT2D eigenvalue weighted by atomic mass is 35.5. The van der Waals surface area contributed by atoms with Crippen LogP contribution >= 0.6 is 23.2 Å². The molecule has 0 heterocycles. The first-order valence-corrected chi connectivity index (χ1v) is 11.0. The second-order valence-corrected chi connectivity index (χ2v) is 9.25. The van der Waals surface area contributed by atoms with E-state index in [0.717, 1.165) is 18.2 Å². The Hall–Kier alpha value is -2.47. The molecule has 3 aromatic carbocycles. The number of sulfone groups is 1. The van der Waals surface area contributed by atoms with Gasteiger partial charge in [-0.25, -0.2) is 17.2 Å². The fraction of sp³-hybridized carbons (Fsp3) is 0.0435. The topological polar surface area (TPSA) is 34.1 Å². The highest BCUT2D eigenvalue weighted by Gasteiger charge is 2.25. The van der Waals surface area contributed by atoms with Crippen LogP contribution in [0.1, 0.15) is 16.7 Å². The highest BCUT2D eigenvalue weighted by molar-refractivity contribution is 7.95. The predicted molar refractivity (Wildman–Crippen MR) is 117 cm³/mol. The number of benzene rings is 3. The van der Waals surface area contributed by atoms with E-state index in [0.29, 0.717) is 27.3 Å². The van der Waals surface area contributed by atoms with Crippen LogP contribution in [0.15, 0.2) is 83.1 Å². The Balaban J connectivity index is 2.39. The highest BCUT2D eigenvalue weighted by Crippen LogP contribution is 2.36. The van der Waals surface area contributed by atoms with Crippen molar-refractivity contribution in [1.29, 1.82) is 0 Å². The molecule has 0 amide bonds. The van der Waals surface area contributed by atoms with Gasteiger partial charge in [0.1, 0.15) is 11.6 Å². The predicted octanol–water partition coefficient (Wildman–Crippen LogP) is 7.00. The van der Waals surface area contributed by atoms with E-state index in [1.54, 1.807) is 25.1 Å². The Morgan fingerprint density at radius 1 is 0.967 bits per heavy atom. The molecule has 0 aromatic heterocycles. The summed E-state index contributed by atoms with van der Waals surface area (Å²) in [7, 11) is -4.14. The fourth-order valence-corrected chi connectivity index (χ4v) is 5.03. The summed E-state index contributed by atoms with van der Waals surface area (Å²) in [6.45, 7) is 5.47. The monoisotopic (exact) mass is 464 g/mol. The molecule has 0 spiro atoms. The average Bonchev–Trinajstić information content (AvgIpc) is 2.69. The Labute approximate surface area is 184 Å². The van der Waals surface area contributed by atoms with Crippen molar-refractivity contribution in [2.45, 2.75) is 11.8 Å². The van der Waals surface area contributed by atoms with Crippen LogP contribution in [0.3, 0.4) is 0 Å². The first-order chi connectivity index (χ1) is 14.1. The standard InChI is InChI=1S/C23H16Cl2F2O2S/c1-3-22(30(28,29)18-9-11-21(27)20(25)13-18)23(15-4-7-17(26)8-5-15)19-10-6-16(24)12-14(19)2/h3-13H,1H2,2H3/b23-22+. The van der Waals surface area contributed by atoms with E-state index in [-0.39, 0.29) is 14.8 Å². The number of aryl methyl sites for hydroxylation is 1. The number of halogens is 4. The number of rotatable bonds is 5. The van der Waals surface area contributed by atoms with Crippen molar-refractivity contribution < 1.29 is 17.2 Å². The van der Waals surface area contributed by atoms with Crippen LogP contribution in [0.25, 0.3) is 5.57 Å². The molecular formula is C23H16Cl2F2O2S. The molecule has 0 aliphatic rings. The van der Waals surface area contributed by atoms with Gasteiger partial charge in [0.05, 0.1) is 14.8 Å². The SMILES string of the molecule is C=C/C(=C(/c1ccc(F)cc1)c1ccc(Cl)cc1C)S(=O)(=O)c1ccc(F)c(Cl)c1. The molecule has 7 heteroatoms. The summed E-state index contributed by atoms with van der Waals surface area (Å²) in [6, 6.07) is 13.6. The number of hydrogen-bond acceptors (Lipinski definition) is 2. The number of hydrogen-bond donors (Lipinski definition) is 0. The summed E-state index contributed by atoms with van der Waals surface area (Å²) in [4.78, 5) is -0.308. The lowest BCUT2D eigenvalue weighted by Crippen LogP contribution is -2.08. The Morgan fingerprint density at radius 2 is 1.63 bits per heavy atom. The van der Waals surface area contributed by atoms with Crippen molar-refractivity contribution in [2.24, 2.45) is 0 Å². The van der Waals surface area contributed by atoms with E-state index in [9.17, 15) is 17.2 Å². The molecule has 0 unspecified atom stereocenters. The average molecular weight is 465 g/mol. The second kappa shape index (κ2) is 8.72. The van der Waals surface area contributed by atoms with Gasteiger partial charge in [0, 0.05) is 10.6 Å². The Morgan fingerprint density at radius 3 is 2.20 bits per heavy atom. The van der Waals surface area contributed by atoms with Gasteiger partial charge in [-0.2, -0.15) is 0 Å². The summed E-state index contributed by atoms with van der Waals surface area (Å²) in [5.41, 5.74) is 2.08. The molecule has 2 nitrogen and oxygen atoms in total. The zero-order chi connectivity index (χ0) is 22.1. The van der Waals surface area contributed by atoms with Gasteiger partial charge >= 0.3 is 0 Å². The van der Waals surface area contributed by atoms with Gasteiger partial charge in [-0.15, -0.1) is 0 Å². The molecule has 30 heavy (non-hydrogen) atoms. The molecule has 0 radical (unpaired) electrons. The summed E-state index contributed by atoms with van der Waals surface area (Å²) in [5.74, 6) is -1.19. The molecule has 3 aromatic rings. The van der Waals surface area contributed by atoms with Crippen LogP contribution in [0.4, 0.5) is 8.78 Å². The maximum atomic E-state index is 13.6. The zero-order valence-corrected chi connectivity index (χ0v) is 18.1. The van der Waals surface area contributed by atoms with Crippen molar-refractivity contribution in [1.82, 2.24) is 0 Å². The van der Waals surface area contributed by atoms with Gasteiger partial charge in [-0.1, -0.05) is 48.0 Å². The van der Waals surface area contributed by atoms with Crippen molar-refractivity contribution >= 4 is 38.6 Å². The second-order valence-electron chi connectivity index (χ2n) is 6.49. The van der Waals surface area contributed by atoms with Gasteiger partial charge in [0.15, 0.2) is 0 Å². The third-order valence-electron chi connectivity index (χ3n) is 4.51. The van der Waals surface area contributed by atoms with E-state index in [2.05, 4.69) is 6.58 Å². The minimum atomic E-state index is -4.14. The van der Waals surface area contributed by atoms with Crippen LogP contribution in [0.5, 0.6) is 0 Å². The Kier molecular flexibility index (Phi) is 6.46. The van der Waals surface area contributed by atoms with E-state index in [4.69, 9.17) is 23.2 Å². The third-order valence-corrected chi connectivity index (χ3v) is 6.86. The van der Waals surface area contributed by atoms with Crippen molar-refractivity contribution in [3.63, 3.8) is 0 Å². The normalized spacial score (nSPS) is 12.4. The summed E-state index contributed by atoms with van der Waals surface area (Å²) in [5, 5.41) is 0.175. The fourth-order valence-electron chi connectivity index (χ4n) is 3.07. The summed E-state index contributed by atoms with van der Waals surface area (Å²) in [6.07, 6.45) is 1.21. The molecule has 0 aliphatic carbocycles. The van der Waals surface area contributed by atoms with Crippen LogP contribution in [-0.2, 0) is 9.84 Å². The zero-order valence-electron chi connectivity index (χ0n) is 15.8. The molecule has 0 N–H and O–H groups in total. The molecule has 3 rings (SSSR count). The molecule has 0 aliphatic heterocycles. The Bertz CT molecular complexity index is 1260. The van der Waals surface area contributed by atoms with E-state index in [1.165, 1.54) is 30.3 Å². The van der Waals surface area contributed by atoms with Gasteiger partial charge < -0.3 is 0 Å². The minimum Gasteiger partial charge on any atom is -0.218 e. The molecule has 0 saturated heterocycles. The largest absolute Gasteiger partial charge is 0.218 e. The quantitative estimate of drug-likeness (QED) is 0.300. The molecule has 0 fully saturated rings. The van der Waals surface area contributed by atoms with Crippen LogP contribution < -0.4 is 0 Å². The molecule has 154 valence electrons. The maximum Gasteiger partial charge on any atom is 0.207 e. The van der Waals surface area contributed by atoms with Gasteiger partial charge in [0.25, 0.3) is 0 Å². The maximum absolute atomic E-state index is 13.6. The van der Waals surface area contributed by atoms with Crippen LogP contribution in [0.2, 0.25) is 10.0 Å². The van der Waals surface area contributed by atoms with Gasteiger partial charge in [-0.05, 0) is 72.2 Å². The number of allylic oxidation sites excluding steroid dienone is 1. The smallest absolute Gasteiger partial charge is 0.207 e. The lowest BCUT2D eigenvalue weighted by Gasteiger charge is -2.17. The van der Waals surface area contributed by atoms with E-state index >= 15 is 0 Å². The third kappa shape index (κ3) is 4.33. The van der Waals surface area contributed by atoms with Crippen LogP contribution in [-0.4, -0.2) is 8.42 Å². The first kappa shape index (κ1) is 22.2. The molecule has 0 saturated carbocycles. The van der Waals surface area contributed by atoms with Crippen molar-refractivity contribution in [2.75, 3.05) is 0 Å². The van der Waals surface area contributed by atoms with Crippen molar-refractivity contribution in [3.8, 4) is 0 Å². The lowest BCUT2D eigenvalue weighted by molar-refractivity contribution is 0.601. The van der Waals surface area contributed by atoms with E-state index in [1.807, 2.05) is 0 Å². The summed E-state index contributed by atoms with van der Waals surface area (Å²) >= 11 is 11.9. The first-order valence-electron chi connectivity index (χ1n) is 8.74. The van der Waals surface area contributed by atoms with Crippen LogP contribution in [0, 0.1) is 18.6 Å². The van der Waals surface area contributed by atoms with Crippen molar-refractivity contribution in [3.05, 3.63) is 117 Å². The molecule has 0 atom stereocenters. The molecule has 0 bridgehead atoms. The van der Waals surface area contributed by atoms with Gasteiger partial charge in [-0.3, -0.25) is 0 Å². The van der Waals surface area contributed by atoms with E-state index < -0.39 is 21.5 Å². The lowest BCUT2D eigenvalue weighted by atomic mass is 9.94. The summed E-state index contributed by atoms with van der Waals surface area (Å²) < 4.78 is 54.0. The molecular weight excluding hydrogens is 449 g/mol. The minimum absolute atomic E-state index is 0.123.